The van der Waals surface area contributed by atoms with Crippen LogP contribution in [0.4, 0.5) is 0 Å². The first-order valence-corrected chi connectivity index (χ1v) is 8.32. The molecule has 0 saturated carbocycles. The van der Waals surface area contributed by atoms with E-state index in [1.807, 2.05) is 0 Å². The zero-order valence-corrected chi connectivity index (χ0v) is 13.7. The molecule has 0 aliphatic rings. The number of aryl methyl sites for hydroxylation is 2. The molecule has 0 heteroatoms. The fraction of sp³-hybridized carbons (Fsp3) is 0.429. The summed E-state index contributed by atoms with van der Waals surface area (Å²) >= 11 is 0. The van der Waals surface area contributed by atoms with Crippen molar-refractivity contribution in [3.63, 3.8) is 0 Å². The van der Waals surface area contributed by atoms with Gasteiger partial charge >= 0.3 is 0 Å². The van der Waals surface area contributed by atoms with E-state index in [9.17, 15) is 0 Å². The number of rotatable bonds is 7. The second kappa shape index (κ2) is 8.02. The third-order valence-corrected chi connectivity index (χ3v) is 4.51. The Morgan fingerprint density at radius 1 is 0.810 bits per heavy atom. The first-order valence-electron chi connectivity index (χ1n) is 8.32. The third kappa shape index (κ3) is 4.46. The Morgan fingerprint density at radius 2 is 1.48 bits per heavy atom. The minimum atomic E-state index is 0.652. The topological polar surface area (TPSA) is 0 Å². The van der Waals surface area contributed by atoms with Crippen LogP contribution in [0.2, 0.25) is 0 Å². The molecule has 112 valence electrons. The van der Waals surface area contributed by atoms with Crippen molar-refractivity contribution in [1.82, 2.24) is 0 Å². The van der Waals surface area contributed by atoms with Crippen molar-refractivity contribution in [3.8, 4) is 0 Å². The van der Waals surface area contributed by atoms with Gasteiger partial charge in [0, 0.05) is 0 Å². The largest absolute Gasteiger partial charge is 0.0654 e. The Labute approximate surface area is 130 Å². The Balaban J connectivity index is 2.20. The first-order chi connectivity index (χ1) is 10.2. The molecular weight excluding hydrogens is 252 g/mol. The van der Waals surface area contributed by atoms with Crippen molar-refractivity contribution in [2.45, 2.75) is 58.8 Å². The normalized spacial score (nSPS) is 12.3. The summed E-state index contributed by atoms with van der Waals surface area (Å²) in [4.78, 5) is 0. The number of hydrogen-bond acceptors (Lipinski definition) is 0. The Bertz CT molecular complexity index is 553. The Morgan fingerprint density at radius 3 is 2.14 bits per heavy atom. The van der Waals surface area contributed by atoms with Crippen LogP contribution >= 0.6 is 0 Å². The fourth-order valence-electron chi connectivity index (χ4n) is 3.16. The summed E-state index contributed by atoms with van der Waals surface area (Å²) in [5.41, 5.74) is 5.90. The molecule has 0 spiro atoms. The predicted octanol–water partition coefficient (Wildman–Crippen LogP) is 6.21. The first kappa shape index (κ1) is 15.8. The fourth-order valence-corrected chi connectivity index (χ4v) is 3.16. The van der Waals surface area contributed by atoms with Crippen LogP contribution in [-0.4, -0.2) is 0 Å². The molecule has 0 saturated heterocycles. The van der Waals surface area contributed by atoms with Crippen molar-refractivity contribution in [3.05, 3.63) is 70.8 Å². The molecule has 0 aromatic heterocycles. The molecule has 0 aliphatic heterocycles. The highest BCUT2D eigenvalue weighted by Crippen LogP contribution is 2.29. The van der Waals surface area contributed by atoms with E-state index in [2.05, 4.69) is 69.3 Å². The van der Waals surface area contributed by atoms with Crippen LogP contribution in [0.1, 0.15) is 60.8 Å². The minimum Gasteiger partial charge on any atom is -0.0654 e. The molecule has 1 unspecified atom stereocenters. The highest BCUT2D eigenvalue weighted by atomic mass is 14.2. The molecule has 0 N–H and O–H groups in total. The van der Waals surface area contributed by atoms with Gasteiger partial charge in [0.1, 0.15) is 0 Å². The number of hydrogen-bond donors (Lipinski definition) is 0. The van der Waals surface area contributed by atoms with E-state index >= 15 is 0 Å². The summed E-state index contributed by atoms with van der Waals surface area (Å²) in [7, 11) is 0. The summed E-state index contributed by atoms with van der Waals surface area (Å²) in [6.07, 6.45) is 6.44. The molecule has 0 fully saturated rings. The lowest BCUT2D eigenvalue weighted by Gasteiger charge is -2.20. The molecule has 0 aliphatic carbocycles. The minimum absolute atomic E-state index is 0.652. The van der Waals surface area contributed by atoms with Crippen molar-refractivity contribution in [1.29, 1.82) is 0 Å². The van der Waals surface area contributed by atoms with Gasteiger partial charge < -0.3 is 0 Å². The van der Waals surface area contributed by atoms with Crippen LogP contribution in [0.5, 0.6) is 0 Å². The van der Waals surface area contributed by atoms with E-state index < -0.39 is 0 Å². The quantitative estimate of drug-likeness (QED) is 0.529. The molecule has 0 nitrogen and oxygen atoms in total. The summed E-state index contributed by atoms with van der Waals surface area (Å²) in [5.74, 6) is 0.652. The lowest BCUT2D eigenvalue weighted by molar-refractivity contribution is 0.560. The summed E-state index contributed by atoms with van der Waals surface area (Å²) in [6, 6.07) is 17.7. The molecule has 1 atom stereocenters. The van der Waals surface area contributed by atoms with E-state index in [1.54, 1.807) is 0 Å². The molecule has 0 amide bonds. The average Bonchev–Trinajstić information content (AvgIpc) is 2.49. The SMILES string of the molecule is CCCCCC(Cc1ccccc1C)c1ccccc1C. The molecule has 2 aromatic carbocycles. The molecular formula is C21H28. The molecule has 0 radical (unpaired) electrons. The van der Waals surface area contributed by atoms with Gasteiger partial charge in [-0.1, -0.05) is 74.7 Å². The lowest BCUT2D eigenvalue weighted by atomic mass is 9.84. The van der Waals surface area contributed by atoms with Crippen LogP contribution in [0.25, 0.3) is 0 Å². The Hall–Kier alpha value is -1.56. The maximum Gasteiger partial charge on any atom is -0.0119 e. The molecule has 0 bridgehead atoms. The lowest BCUT2D eigenvalue weighted by Crippen LogP contribution is -2.06. The van der Waals surface area contributed by atoms with Crippen LogP contribution < -0.4 is 0 Å². The van der Waals surface area contributed by atoms with E-state index in [0.29, 0.717) is 5.92 Å². The van der Waals surface area contributed by atoms with Crippen molar-refractivity contribution < 1.29 is 0 Å². The van der Waals surface area contributed by atoms with Crippen LogP contribution in [0.15, 0.2) is 48.5 Å². The zero-order chi connectivity index (χ0) is 15.1. The standard InChI is InChI=1S/C21H28/c1-4-5-6-14-20(21-15-10-8-12-18(21)3)16-19-13-9-7-11-17(19)2/h7-13,15,20H,4-6,14,16H2,1-3H3. The van der Waals surface area contributed by atoms with Crippen molar-refractivity contribution in [2.24, 2.45) is 0 Å². The van der Waals surface area contributed by atoms with Gasteiger partial charge in [-0.25, -0.2) is 0 Å². The highest BCUT2D eigenvalue weighted by Gasteiger charge is 2.15. The van der Waals surface area contributed by atoms with Gasteiger partial charge in [-0.05, 0) is 54.9 Å². The molecule has 2 aromatic rings. The van der Waals surface area contributed by atoms with Gasteiger partial charge in [-0.15, -0.1) is 0 Å². The molecule has 21 heavy (non-hydrogen) atoms. The van der Waals surface area contributed by atoms with Gasteiger partial charge in [-0.3, -0.25) is 0 Å². The maximum absolute atomic E-state index is 2.32. The van der Waals surface area contributed by atoms with E-state index in [-0.39, 0.29) is 0 Å². The highest BCUT2D eigenvalue weighted by molar-refractivity contribution is 5.33. The monoisotopic (exact) mass is 280 g/mol. The van der Waals surface area contributed by atoms with E-state index in [4.69, 9.17) is 0 Å². The molecule has 0 heterocycles. The van der Waals surface area contributed by atoms with Gasteiger partial charge in [0.25, 0.3) is 0 Å². The predicted molar refractivity (Wildman–Crippen MR) is 92.9 cm³/mol. The zero-order valence-electron chi connectivity index (χ0n) is 13.7. The Kier molecular flexibility index (Phi) is 6.04. The molecule has 2 rings (SSSR count). The van der Waals surface area contributed by atoms with Crippen molar-refractivity contribution >= 4 is 0 Å². The summed E-state index contributed by atoms with van der Waals surface area (Å²) in [6.45, 7) is 6.76. The van der Waals surface area contributed by atoms with E-state index in [0.717, 1.165) is 0 Å². The van der Waals surface area contributed by atoms with Gasteiger partial charge in [0.2, 0.25) is 0 Å². The van der Waals surface area contributed by atoms with Crippen molar-refractivity contribution in [2.75, 3.05) is 0 Å². The van der Waals surface area contributed by atoms with Crippen LogP contribution in [0.3, 0.4) is 0 Å². The second-order valence-electron chi connectivity index (χ2n) is 6.18. The summed E-state index contributed by atoms with van der Waals surface area (Å²) in [5, 5.41) is 0. The van der Waals surface area contributed by atoms with Crippen LogP contribution in [-0.2, 0) is 6.42 Å². The second-order valence-corrected chi connectivity index (χ2v) is 6.18. The van der Waals surface area contributed by atoms with Crippen LogP contribution in [0, 0.1) is 13.8 Å². The van der Waals surface area contributed by atoms with E-state index in [1.165, 1.54) is 54.4 Å². The smallest absolute Gasteiger partial charge is 0.0119 e. The summed E-state index contributed by atoms with van der Waals surface area (Å²) < 4.78 is 0. The van der Waals surface area contributed by atoms with Gasteiger partial charge in [0.05, 0.1) is 0 Å². The van der Waals surface area contributed by atoms with Gasteiger partial charge in [0.15, 0.2) is 0 Å². The maximum atomic E-state index is 2.32. The average molecular weight is 280 g/mol. The van der Waals surface area contributed by atoms with Gasteiger partial charge in [-0.2, -0.15) is 0 Å². The number of benzene rings is 2. The third-order valence-electron chi connectivity index (χ3n) is 4.51. The number of unbranched alkanes of at least 4 members (excludes halogenated alkanes) is 2.